The van der Waals surface area contributed by atoms with Crippen molar-refractivity contribution in [2.75, 3.05) is 32.8 Å². The summed E-state index contributed by atoms with van der Waals surface area (Å²) in [6, 6.07) is -1.79. The first kappa shape index (κ1) is 43.3. The van der Waals surface area contributed by atoms with Crippen LogP contribution in [-0.4, -0.2) is 97.6 Å². The number of ether oxygens (including phenoxy) is 2. The Labute approximate surface area is 328 Å². The fraction of sp³-hybridized carbons (Fsp3) is 0.829. The summed E-state index contributed by atoms with van der Waals surface area (Å²) in [5.41, 5.74) is -3.90. The standard InChI is InChI=1S/C41H66N4O9S/c1-13-26-22-39(26,33(49)43-55(51,52)44-17-19-53-20-18-44)24-30(47)28-23-41(38(11,12)40(41)15-14-16-40)25-45(28)32(48)27(35(2,3)4)21-29(46)31(36(5,6)7)42-34(50)54-37(8,9)10/h13,26-28,31H,1,14-25H2,2-12H3,(H,42,50)(H,43,49)/t26-,27-,28+,31-,39-,41-/m1/s1. The number of Topliss-reactive ketones (excluding diaryl/α,β-unsaturated/α-hetero) is 2. The van der Waals surface area contributed by atoms with E-state index >= 15 is 4.79 Å². The van der Waals surface area contributed by atoms with E-state index in [0.29, 0.717) is 13.0 Å². The number of morpholine rings is 1. The van der Waals surface area contributed by atoms with E-state index in [2.05, 4.69) is 30.5 Å². The van der Waals surface area contributed by atoms with Gasteiger partial charge in [-0.2, -0.15) is 12.7 Å². The summed E-state index contributed by atoms with van der Waals surface area (Å²) in [6.45, 7) is 25.8. The van der Waals surface area contributed by atoms with Crippen LogP contribution in [0.25, 0.3) is 0 Å². The molecule has 2 spiro atoms. The Hall–Kier alpha value is -2.84. The smallest absolute Gasteiger partial charge is 0.408 e. The van der Waals surface area contributed by atoms with Crippen LogP contribution in [0.4, 0.5) is 4.79 Å². The Morgan fingerprint density at radius 3 is 1.98 bits per heavy atom. The van der Waals surface area contributed by atoms with Crippen molar-refractivity contribution < 1.29 is 41.9 Å². The van der Waals surface area contributed by atoms with Crippen molar-refractivity contribution in [2.24, 2.45) is 44.3 Å². The second kappa shape index (κ2) is 14.2. The minimum Gasteiger partial charge on any atom is -0.444 e. The summed E-state index contributed by atoms with van der Waals surface area (Å²) >= 11 is 0. The largest absolute Gasteiger partial charge is 0.444 e. The lowest BCUT2D eigenvalue weighted by Crippen LogP contribution is -2.53. The number of nitrogens with zero attached hydrogens (tertiary/aromatic N) is 2. The van der Waals surface area contributed by atoms with Crippen LogP contribution in [0.3, 0.4) is 0 Å². The first-order valence-corrected chi connectivity index (χ1v) is 21.4. The molecule has 0 radical (unpaired) electrons. The minimum atomic E-state index is -4.17. The van der Waals surface area contributed by atoms with E-state index in [4.69, 9.17) is 9.47 Å². The number of alkyl carbamates (subject to hydrolysis) is 1. The van der Waals surface area contributed by atoms with Gasteiger partial charge in [0.1, 0.15) is 5.60 Å². The van der Waals surface area contributed by atoms with E-state index in [1.807, 2.05) is 41.5 Å². The highest BCUT2D eigenvalue weighted by Gasteiger charge is 2.85. The molecule has 2 saturated heterocycles. The highest BCUT2D eigenvalue weighted by molar-refractivity contribution is 7.87. The number of hydrogen-bond donors (Lipinski definition) is 2. The average Bonchev–Trinajstić information content (AvgIpc) is 3.75. The van der Waals surface area contributed by atoms with Crippen molar-refractivity contribution in [2.45, 2.75) is 139 Å². The molecule has 5 aliphatic rings. The molecule has 5 fully saturated rings. The molecule has 14 heteroatoms. The van der Waals surface area contributed by atoms with Crippen molar-refractivity contribution in [3.05, 3.63) is 12.7 Å². The third-order valence-electron chi connectivity index (χ3n) is 14.0. The Morgan fingerprint density at radius 1 is 0.927 bits per heavy atom. The minimum absolute atomic E-state index is 0.000194. The van der Waals surface area contributed by atoms with Gasteiger partial charge in [-0.3, -0.25) is 19.2 Å². The van der Waals surface area contributed by atoms with Gasteiger partial charge in [0.25, 0.3) is 0 Å². The molecule has 3 saturated carbocycles. The summed E-state index contributed by atoms with van der Waals surface area (Å²) in [7, 11) is -4.17. The van der Waals surface area contributed by atoms with Crippen molar-refractivity contribution in [3.8, 4) is 0 Å². The molecule has 0 aromatic rings. The van der Waals surface area contributed by atoms with Gasteiger partial charge in [0.05, 0.1) is 30.7 Å². The number of allylic oxidation sites excluding steroid dienone is 1. The predicted molar refractivity (Wildman–Crippen MR) is 208 cm³/mol. The SMILES string of the molecule is C=C[C@@H]1C[C@]1(CC(=O)[C@@H]1C[C@@]2(CN1C(=O)[C@@H](CC(=O)[C@@H](NC(=O)OC(C)(C)C)C(C)(C)C)C(C)(C)C)C(C)(C)C21CCC1)C(=O)NS(=O)(=O)N1CCOCC1. The van der Waals surface area contributed by atoms with Crippen LogP contribution < -0.4 is 10.0 Å². The zero-order valence-electron chi connectivity index (χ0n) is 35.1. The van der Waals surface area contributed by atoms with Gasteiger partial charge in [-0.05, 0) is 74.0 Å². The predicted octanol–water partition coefficient (Wildman–Crippen LogP) is 5.19. The maximum atomic E-state index is 15.1. The van der Waals surface area contributed by atoms with Crippen LogP contribution in [-0.2, 0) is 38.9 Å². The number of ketones is 2. The maximum absolute atomic E-state index is 15.1. The number of fused-ring (bicyclic) bond motifs is 1. The maximum Gasteiger partial charge on any atom is 0.408 e. The van der Waals surface area contributed by atoms with Gasteiger partial charge in [0.15, 0.2) is 11.6 Å². The zero-order chi connectivity index (χ0) is 41.4. The third kappa shape index (κ3) is 7.77. The Balaban J connectivity index is 1.43. The van der Waals surface area contributed by atoms with E-state index < -0.39 is 68.0 Å². The normalized spacial score (nSPS) is 29.8. The number of amides is 3. The molecule has 0 unspecified atom stereocenters. The Bertz CT molecular complexity index is 1690. The third-order valence-corrected chi connectivity index (χ3v) is 15.4. The van der Waals surface area contributed by atoms with Gasteiger partial charge in [0, 0.05) is 43.8 Å². The van der Waals surface area contributed by atoms with Crippen LogP contribution in [0.2, 0.25) is 0 Å². The van der Waals surface area contributed by atoms with E-state index in [9.17, 15) is 27.6 Å². The van der Waals surface area contributed by atoms with Gasteiger partial charge in [-0.15, -0.1) is 6.58 Å². The molecule has 3 amide bonds. The van der Waals surface area contributed by atoms with E-state index in [-0.39, 0.29) is 79.3 Å². The summed E-state index contributed by atoms with van der Waals surface area (Å²) in [5.74, 6) is -2.87. The van der Waals surface area contributed by atoms with Gasteiger partial charge >= 0.3 is 16.3 Å². The zero-order valence-corrected chi connectivity index (χ0v) is 35.9. The first-order valence-electron chi connectivity index (χ1n) is 20.0. The number of carbonyl (C=O) groups excluding carboxylic acids is 5. The topological polar surface area (TPSA) is 168 Å². The fourth-order valence-electron chi connectivity index (χ4n) is 10.3. The van der Waals surface area contributed by atoms with E-state index in [0.717, 1.165) is 19.3 Å². The van der Waals surface area contributed by atoms with Gasteiger partial charge < -0.3 is 19.7 Å². The van der Waals surface area contributed by atoms with Gasteiger partial charge in [-0.25, -0.2) is 9.52 Å². The fourth-order valence-corrected chi connectivity index (χ4v) is 11.5. The molecule has 3 aliphatic carbocycles. The highest BCUT2D eigenvalue weighted by Crippen LogP contribution is 2.88. The molecule has 6 atom stereocenters. The first-order chi connectivity index (χ1) is 25.1. The number of rotatable bonds is 12. The Kier molecular flexibility index (Phi) is 11.2. The molecule has 0 bridgehead atoms. The van der Waals surface area contributed by atoms with Crippen LogP contribution in [0.15, 0.2) is 12.7 Å². The molecule has 5 rings (SSSR count). The number of hydrogen-bond acceptors (Lipinski definition) is 9. The quantitative estimate of drug-likeness (QED) is 0.253. The van der Waals surface area contributed by atoms with Crippen LogP contribution in [0.1, 0.15) is 121 Å². The summed E-state index contributed by atoms with van der Waals surface area (Å²) in [6.07, 6.45) is 4.29. The van der Waals surface area contributed by atoms with E-state index in [1.54, 1.807) is 31.7 Å². The number of carbonyl (C=O) groups is 5. The molecule has 55 heavy (non-hydrogen) atoms. The molecule has 0 aromatic carbocycles. The monoisotopic (exact) mass is 790 g/mol. The molecule has 2 heterocycles. The molecule has 2 aliphatic heterocycles. The molecular weight excluding hydrogens is 725 g/mol. The average molecular weight is 791 g/mol. The summed E-state index contributed by atoms with van der Waals surface area (Å²) in [4.78, 5) is 72.5. The van der Waals surface area contributed by atoms with Crippen molar-refractivity contribution in [3.63, 3.8) is 0 Å². The van der Waals surface area contributed by atoms with Crippen molar-refractivity contribution in [1.29, 1.82) is 0 Å². The van der Waals surface area contributed by atoms with Crippen molar-refractivity contribution in [1.82, 2.24) is 19.2 Å². The van der Waals surface area contributed by atoms with Gasteiger partial charge in [-0.1, -0.05) is 67.9 Å². The molecule has 0 aromatic heterocycles. The lowest BCUT2D eigenvalue weighted by Gasteiger charge is -2.37. The van der Waals surface area contributed by atoms with Crippen LogP contribution in [0, 0.1) is 44.3 Å². The molecular formula is C41H66N4O9S. The summed E-state index contributed by atoms with van der Waals surface area (Å²) in [5, 5.41) is 2.77. The Morgan fingerprint density at radius 2 is 1.53 bits per heavy atom. The highest BCUT2D eigenvalue weighted by atomic mass is 32.2. The molecule has 2 N–H and O–H groups in total. The number of likely N-dealkylation sites (tertiary alicyclic amines) is 1. The lowest BCUT2D eigenvalue weighted by atomic mass is 9.73. The van der Waals surface area contributed by atoms with Crippen LogP contribution in [0.5, 0.6) is 0 Å². The second-order valence-electron chi connectivity index (χ2n) is 20.7. The van der Waals surface area contributed by atoms with Crippen LogP contribution >= 0.6 is 0 Å². The van der Waals surface area contributed by atoms with E-state index in [1.165, 1.54) is 4.31 Å². The molecule has 310 valence electrons. The summed E-state index contributed by atoms with van der Waals surface area (Å²) < 4.78 is 40.6. The molecule has 13 nitrogen and oxygen atoms in total. The van der Waals surface area contributed by atoms with Gasteiger partial charge in [0.2, 0.25) is 11.8 Å². The lowest BCUT2D eigenvalue weighted by molar-refractivity contribution is -0.147. The second-order valence-corrected chi connectivity index (χ2v) is 22.3. The number of nitrogens with one attached hydrogen (secondary N) is 2. The van der Waals surface area contributed by atoms with Crippen molar-refractivity contribution >= 4 is 39.7 Å².